The molecule has 5 heteroatoms. The zero-order chi connectivity index (χ0) is 10.6. The first-order chi connectivity index (χ1) is 6.63. The smallest absolute Gasteiger partial charge is 0.307 e. The van der Waals surface area contributed by atoms with Crippen LogP contribution in [0.5, 0.6) is 0 Å². The molecule has 0 spiro atoms. The lowest BCUT2D eigenvalue weighted by molar-refractivity contribution is -0.141. The summed E-state index contributed by atoms with van der Waals surface area (Å²) in [7, 11) is 1.31. The van der Waals surface area contributed by atoms with Gasteiger partial charge in [-0.05, 0) is 5.56 Å². The van der Waals surface area contributed by atoms with E-state index in [2.05, 4.69) is 9.72 Å². The number of ether oxygens (including phenoxy) is 1. The van der Waals surface area contributed by atoms with E-state index >= 15 is 0 Å². The maximum Gasteiger partial charge on any atom is 0.307 e. The highest BCUT2D eigenvalue weighted by Gasteiger charge is 2.11. The van der Waals surface area contributed by atoms with Gasteiger partial charge in [0.25, 0.3) is 0 Å². The predicted molar refractivity (Wildman–Crippen MR) is 50.6 cm³/mol. The molecule has 1 heterocycles. The fraction of sp³-hybridized carbons (Fsp3) is 0.333. The molecule has 5 nitrogen and oxygen atoms in total. The van der Waals surface area contributed by atoms with Crippen molar-refractivity contribution in [1.29, 1.82) is 0 Å². The Labute approximate surface area is 80.9 Å². The normalized spacial score (nSPS) is 12.1. The zero-order valence-electron chi connectivity index (χ0n) is 7.82. The van der Waals surface area contributed by atoms with Gasteiger partial charge < -0.3 is 15.5 Å². The van der Waals surface area contributed by atoms with Crippen LogP contribution in [0, 0.1) is 0 Å². The molecule has 1 aromatic rings. The Morgan fingerprint density at radius 3 is 2.86 bits per heavy atom. The van der Waals surface area contributed by atoms with Gasteiger partial charge in [-0.1, -0.05) is 6.07 Å². The number of carbonyl (C=O) groups excluding carboxylic acids is 1. The number of nitrogens with one attached hydrogen (secondary N) is 1. The van der Waals surface area contributed by atoms with E-state index in [4.69, 9.17) is 5.73 Å². The Hall–Kier alpha value is -1.62. The number of aromatic amines is 1. The fourth-order valence-electron chi connectivity index (χ4n) is 1.03. The van der Waals surface area contributed by atoms with Gasteiger partial charge in [0.05, 0.1) is 13.5 Å². The van der Waals surface area contributed by atoms with Crippen LogP contribution in [0.25, 0.3) is 0 Å². The van der Waals surface area contributed by atoms with Gasteiger partial charge in [-0.3, -0.25) is 9.59 Å². The summed E-state index contributed by atoms with van der Waals surface area (Å²) >= 11 is 0. The van der Waals surface area contributed by atoms with Gasteiger partial charge in [0.1, 0.15) is 0 Å². The number of rotatable bonds is 3. The average Bonchev–Trinajstić information content (AvgIpc) is 2.18. The molecule has 0 unspecified atom stereocenters. The van der Waals surface area contributed by atoms with Crippen LogP contribution in [0.1, 0.15) is 18.0 Å². The lowest BCUT2D eigenvalue weighted by Crippen LogP contribution is -2.17. The Morgan fingerprint density at radius 1 is 1.64 bits per heavy atom. The minimum atomic E-state index is -0.445. The van der Waals surface area contributed by atoms with Crippen LogP contribution in [-0.4, -0.2) is 18.1 Å². The maximum atomic E-state index is 10.9. The molecule has 0 aliphatic heterocycles. The molecule has 0 amide bonds. The van der Waals surface area contributed by atoms with Crippen LogP contribution < -0.4 is 11.3 Å². The monoisotopic (exact) mass is 196 g/mol. The van der Waals surface area contributed by atoms with Crippen molar-refractivity contribution in [2.75, 3.05) is 7.11 Å². The van der Waals surface area contributed by atoms with Crippen molar-refractivity contribution < 1.29 is 9.53 Å². The molecule has 0 fully saturated rings. The summed E-state index contributed by atoms with van der Waals surface area (Å²) in [6.07, 6.45) is 1.60. The van der Waals surface area contributed by atoms with Crippen LogP contribution in [0.4, 0.5) is 0 Å². The summed E-state index contributed by atoms with van der Waals surface area (Å²) in [5.41, 5.74) is 6.21. The summed E-state index contributed by atoms with van der Waals surface area (Å²) in [6, 6.07) is 2.51. The predicted octanol–water partition coefficient (Wildman–Crippen LogP) is -0.0622. The van der Waals surface area contributed by atoms with Crippen molar-refractivity contribution in [1.82, 2.24) is 4.98 Å². The Balaban J connectivity index is 2.69. The second-order valence-corrected chi connectivity index (χ2v) is 2.87. The van der Waals surface area contributed by atoms with Crippen molar-refractivity contribution >= 4 is 5.97 Å². The van der Waals surface area contributed by atoms with Crippen molar-refractivity contribution in [3.8, 4) is 0 Å². The van der Waals surface area contributed by atoms with E-state index < -0.39 is 6.04 Å². The third-order valence-corrected chi connectivity index (χ3v) is 1.85. The molecule has 0 saturated heterocycles. The Bertz CT molecular complexity index is 352. The minimum Gasteiger partial charge on any atom is -0.469 e. The van der Waals surface area contributed by atoms with Crippen LogP contribution in [0.15, 0.2) is 23.1 Å². The summed E-state index contributed by atoms with van der Waals surface area (Å²) < 4.78 is 4.48. The minimum absolute atomic E-state index is 0.0997. The second-order valence-electron chi connectivity index (χ2n) is 2.87. The van der Waals surface area contributed by atoms with E-state index in [0.717, 1.165) is 0 Å². The van der Waals surface area contributed by atoms with Crippen molar-refractivity contribution in [2.24, 2.45) is 5.73 Å². The number of H-pyrrole nitrogens is 1. The van der Waals surface area contributed by atoms with Gasteiger partial charge in [0, 0.05) is 18.3 Å². The van der Waals surface area contributed by atoms with Crippen LogP contribution in [-0.2, 0) is 9.53 Å². The fourth-order valence-corrected chi connectivity index (χ4v) is 1.03. The Morgan fingerprint density at radius 2 is 2.36 bits per heavy atom. The first-order valence-corrected chi connectivity index (χ1v) is 4.14. The summed E-state index contributed by atoms with van der Waals surface area (Å²) in [5.74, 6) is -0.372. The molecule has 0 radical (unpaired) electrons. The van der Waals surface area contributed by atoms with E-state index in [9.17, 15) is 9.59 Å². The quantitative estimate of drug-likeness (QED) is 0.663. The number of aromatic nitrogens is 1. The first kappa shape index (κ1) is 10.5. The van der Waals surface area contributed by atoms with Gasteiger partial charge in [0.2, 0.25) is 5.56 Å². The highest BCUT2D eigenvalue weighted by Crippen LogP contribution is 2.11. The molecule has 14 heavy (non-hydrogen) atoms. The Kier molecular flexibility index (Phi) is 3.41. The standard InChI is InChI=1S/C9H12N2O3/c1-14-9(13)4-7(10)6-2-3-8(12)11-5-6/h2-3,5,7H,4,10H2,1H3,(H,11,12)/t7-/m0/s1. The zero-order valence-corrected chi connectivity index (χ0v) is 7.82. The van der Waals surface area contributed by atoms with Crippen LogP contribution in [0.2, 0.25) is 0 Å². The highest BCUT2D eigenvalue weighted by molar-refractivity contribution is 5.70. The van der Waals surface area contributed by atoms with Gasteiger partial charge >= 0.3 is 5.97 Å². The molecule has 0 aromatic carbocycles. The third-order valence-electron chi connectivity index (χ3n) is 1.85. The summed E-state index contributed by atoms with van der Waals surface area (Å²) in [5, 5.41) is 0. The summed E-state index contributed by atoms with van der Waals surface area (Å²) in [6.45, 7) is 0. The molecule has 1 atom stereocenters. The molecule has 0 bridgehead atoms. The number of nitrogens with two attached hydrogens (primary N) is 1. The van der Waals surface area contributed by atoms with Gasteiger partial charge in [-0.2, -0.15) is 0 Å². The van der Waals surface area contributed by atoms with Gasteiger partial charge in [-0.15, -0.1) is 0 Å². The maximum absolute atomic E-state index is 10.9. The highest BCUT2D eigenvalue weighted by atomic mass is 16.5. The largest absolute Gasteiger partial charge is 0.469 e. The van der Waals surface area contributed by atoms with Gasteiger partial charge in [0.15, 0.2) is 0 Å². The summed E-state index contributed by atoms with van der Waals surface area (Å²) in [4.78, 5) is 24.1. The van der Waals surface area contributed by atoms with E-state index in [1.54, 1.807) is 6.07 Å². The number of hydrogen-bond acceptors (Lipinski definition) is 4. The molecule has 3 N–H and O–H groups in total. The number of esters is 1. The topological polar surface area (TPSA) is 85.2 Å². The van der Waals surface area contributed by atoms with Crippen LogP contribution >= 0.6 is 0 Å². The van der Waals surface area contributed by atoms with Gasteiger partial charge in [-0.25, -0.2) is 0 Å². The lowest BCUT2D eigenvalue weighted by atomic mass is 10.1. The average molecular weight is 196 g/mol. The molecular weight excluding hydrogens is 184 g/mol. The number of methoxy groups -OCH3 is 1. The van der Waals surface area contributed by atoms with Crippen molar-refractivity contribution in [3.05, 3.63) is 34.2 Å². The van der Waals surface area contributed by atoms with E-state index in [1.165, 1.54) is 19.4 Å². The number of hydrogen-bond donors (Lipinski definition) is 2. The number of pyridine rings is 1. The molecule has 0 aliphatic rings. The molecule has 0 aliphatic carbocycles. The molecule has 0 saturated carbocycles. The molecular formula is C9H12N2O3. The lowest BCUT2D eigenvalue weighted by Gasteiger charge is -2.09. The molecule has 1 aromatic heterocycles. The second kappa shape index (κ2) is 4.57. The van der Waals surface area contributed by atoms with Crippen molar-refractivity contribution in [2.45, 2.75) is 12.5 Å². The van der Waals surface area contributed by atoms with E-state index in [0.29, 0.717) is 5.56 Å². The SMILES string of the molecule is COC(=O)C[C@H](N)c1ccc(=O)[nH]c1. The van der Waals surface area contributed by atoms with E-state index in [-0.39, 0.29) is 17.9 Å². The van der Waals surface area contributed by atoms with Crippen LogP contribution in [0.3, 0.4) is 0 Å². The third kappa shape index (κ3) is 2.70. The molecule has 1 rings (SSSR count). The first-order valence-electron chi connectivity index (χ1n) is 4.14. The molecule has 76 valence electrons. The number of carbonyl (C=O) groups is 1. The van der Waals surface area contributed by atoms with E-state index in [1.807, 2.05) is 0 Å². The van der Waals surface area contributed by atoms with Crippen molar-refractivity contribution in [3.63, 3.8) is 0 Å².